The summed E-state index contributed by atoms with van der Waals surface area (Å²) in [4.78, 5) is 26.6. The summed E-state index contributed by atoms with van der Waals surface area (Å²) in [5.41, 5.74) is -0.552. The summed E-state index contributed by atoms with van der Waals surface area (Å²) < 4.78 is 5.89. The molecule has 0 spiro atoms. The monoisotopic (exact) mass is 281 g/mol. The van der Waals surface area contributed by atoms with E-state index in [0.717, 1.165) is 4.68 Å². The number of nitrogens with zero attached hydrogens (tertiary/aromatic N) is 2. The number of benzene rings is 1. The Morgan fingerprint density at radius 3 is 2.81 bits per heavy atom. The van der Waals surface area contributed by atoms with Crippen molar-refractivity contribution in [1.29, 1.82) is 0 Å². The fraction of sp³-hybridized carbons (Fsp3) is 0. The highest BCUT2D eigenvalue weighted by Gasteiger charge is 2.04. The summed E-state index contributed by atoms with van der Waals surface area (Å²) >= 11 is 0. The molecule has 3 aromatic rings. The molecule has 0 radical (unpaired) electrons. The highest BCUT2D eigenvalue weighted by atomic mass is 16.3. The van der Waals surface area contributed by atoms with Crippen molar-refractivity contribution in [3.8, 4) is 0 Å². The zero-order valence-electron chi connectivity index (χ0n) is 10.9. The molecule has 0 aliphatic heterocycles. The molecule has 21 heavy (non-hydrogen) atoms. The van der Waals surface area contributed by atoms with E-state index in [4.69, 9.17) is 4.42 Å². The van der Waals surface area contributed by atoms with Crippen LogP contribution in [0.25, 0.3) is 17.0 Å². The predicted molar refractivity (Wildman–Crippen MR) is 80.5 cm³/mol. The van der Waals surface area contributed by atoms with Gasteiger partial charge in [0.2, 0.25) is 0 Å². The molecule has 2 aromatic heterocycles. The molecule has 6 heteroatoms. The molecule has 0 fully saturated rings. The highest BCUT2D eigenvalue weighted by molar-refractivity contribution is 5.78. The van der Waals surface area contributed by atoms with Crippen molar-refractivity contribution in [2.45, 2.75) is 0 Å². The Balaban J connectivity index is 1.97. The maximum absolute atomic E-state index is 12.2. The molecule has 0 amide bonds. The topological polar surface area (TPSA) is 80.4 Å². The van der Waals surface area contributed by atoms with Crippen LogP contribution in [0.5, 0.6) is 0 Å². The number of para-hydroxylation sites is 1. The van der Waals surface area contributed by atoms with E-state index in [2.05, 4.69) is 10.1 Å². The molecular weight excluding hydrogens is 270 g/mol. The number of hydrogen-bond donors (Lipinski definition) is 1. The summed E-state index contributed by atoms with van der Waals surface area (Å²) in [5.74, 6) is 0.654. The fourth-order valence-electron chi connectivity index (χ4n) is 1.89. The van der Waals surface area contributed by atoms with Crippen molar-refractivity contribution >= 4 is 23.2 Å². The predicted octanol–water partition coefficient (Wildman–Crippen LogP) is 1.83. The summed E-state index contributed by atoms with van der Waals surface area (Å²) in [5, 5.41) is 4.27. The zero-order valence-corrected chi connectivity index (χ0v) is 10.9. The maximum atomic E-state index is 12.2. The Morgan fingerprint density at radius 1 is 1.14 bits per heavy atom. The van der Waals surface area contributed by atoms with Gasteiger partial charge in [0.05, 0.1) is 17.2 Å². The van der Waals surface area contributed by atoms with Gasteiger partial charge in [-0.2, -0.15) is 5.10 Å². The van der Waals surface area contributed by atoms with Crippen LogP contribution in [0.1, 0.15) is 5.76 Å². The van der Waals surface area contributed by atoms with Crippen LogP contribution in [-0.4, -0.2) is 15.9 Å². The van der Waals surface area contributed by atoms with Crippen molar-refractivity contribution in [2.24, 2.45) is 5.10 Å². The Labute approximate surface area is 118 Å². The highest BCUT2D eigenvalue weighted by Crippen LogP contribution is 2.03. The second kappa shape index (κ2) is 5.46. The van der Waals surface area contributed by atoms with Gasteiger partial charge in [-0.3, -0.25) is 4.79 Å². The number of H-pyrrole nitrogens is 1. The number of hydrogen-bond acceptors (Lipinski definition) is 4. The summed E-state index contributed by atoms with van der Waals surface area (Å²) in [7, 11) is 0. The van der Waals surface area contributed by atoms with E-state index in [1.165, 1.54) is 6.21 Å². The van der Waals surface area contributed by atoms with E-state index in [-0.39, 0.29) is 0 Å². The molecule has 2 heterocycles. The standard InChI is InChI=1S/C15H11N3O3/c19-14-12-7-1-2-8-13(12)17-15(20)18(14)16-9-3-5-11-6-4-10-21-11/h1-10H,(H,17,20). The van der Waals surface area contributed by atoms with Crippen LogP contribution in [0.4, 0.5) is 0 Å². The summed E-state index contributed by atoms with van der Waals surface area (Å²) in [6.07, 6.45) is 6.16. The normalized spacial score (nSPS) is 11.8. The van der Waals surface area contributed by atoms with Crippen molar-refractivity contribution < 1.29 is 4.42 Å². The van der Waals surface area contributed by atoms with Crippen LogP contribution in [0.3, 0.4) is 0 Å². The molecule has 104 valence electrons. The third-order valence-electron chi connectivity index (χ3n) is 2.86. The van der Waals surface area contributed by atoms with Gasteiger partial charge in [-0.25, -0.2) is 4.79 Å². The van der Waals surface area contributed by atoms with E-state index in [1.54, 1.807) is 54.8 Å². The van der Waals surface area contributed by atoms with Crippen LogP contribution in [0.2, 0.25) is 0 Å². The molecule has 0 atom stereocenters. The second-order valence-corrected chi connectivity index (χ2v) is 4.23. The van der Waals surface area contributed by atoms with Gasteiger partial charge in [-0.15, -0.1) is 4.68 Å². The second-order valence-electron chi connectivity index (χ2n) is 4.23. The van der Waals surface area contributed by atoms with Gasteiger partial charge < -0.3 is 9.40 Å². The Bertz CT molecular complexity index is 931. The Kier molecular flexibility index (Phi) is 3.34. The lowest BCUT2D eigenvalue weighted by Gasteiger charge is -1.99. The minimum atomic E-state index is -0.582. The largest absolute Gasteiger partial charge is 0.465 e. The lowest BCUT2D eigenvalue weighted by molar-refractivity contribution is 0.557. The van der Waals surface area contributed by atoms with Gasteiger partial charge in [0.15, 0.2) is 0 Å². The van der Waals surface area contributed by atoms with Crippen LogP contribution >= 0.6 is 0 Å². The lowest BCUT2D eigenvalue weighted by atomic mass is 10.2. The number of aromatic nitrogens is 2. The third-order valence-corrected chi connectivity index (χ3v) is 2.86. The van der Waals surface area contributed by atoms with E-state index in [1.807, 2.05) is 0 Å². The summed E-state index contributed by atoms with van der Waals surface area (Å²) in [6.45, 7) is 0. The lowest BCUT2D eigenvalue weighted by Crippen LogP contribution is -2.32. The molecule has 1 aromatic carbocycles. The van der Waals surface area contributed by atoms with Crippen LogP contribution in [-0.2, 0) is 0 Å². The van der Waals surface area contributed by atoms with Gasteiger partial charge in [0, 0.05) is 6.21 Å². The van der Waals surface area contributed by atoms with Gasteiger partial charge in [0.25, 0.3) is 5.56 Å². The fourth-order valence-corrected chi connectivity index (χ4v) is 1.89. The average Bonchev–Trinajstić information content (AvgIpc) is 2.99. The van der Waals surface area contributed by atoms with E-state index in [0.29, 0.717) is 16.7 Å². The van der Waals surface area contributed by atoms with Crippen molar-refractivity contribution in [2.75, 3.05) is 0 Å². The first-order valence-electron chi connectivity index (χ1n) is 6.24. The van der Waals surface area contributed by atoms with E-state index in [9.17, 15) is 9.59 Å². The van der Waals surface area contributed by atoms with Gasteiger partial charge in [-0.1, -0.05) is 12.1 Å². The molecule has 6 nitrogen and oxygen atoms in total. The third kappa shape index (κ3) is 2.59. The molecular formula is C15H11N3O3. The molecule has 3 rings (SSSR count). The van der Waals surface area contributed by atoms with Crippen molar-refractivity contribution in [3.05, 3.63) is 75.3 Å². The number of rotatable bonds is 3. The molecule has 0 aliphatic rings. The van der Waals surface area contributed by atoms with Gasteiger partial charge in [-0.05, 0) is 36.4 Å². The van der Waals surface area contributed by atoms with Crippen LogP contribution in [0.15, 0.2) is 67.8 Å². The van der Waals surface area contributed by atoms with E-state index >= 15 is 0 Å². The molecule has 0 saturated heterocycles. The smallest absolute Gasteiger partial charge is 0.349 e. The summed E-state index contributed by atoms with van der Waals surface area (Å²) in [6, 6.07) is 10.3. The SMILES string of the molecule is O=c1[nH]c2ccccc2c(=O)n1N=CC=Cc1ccco1. The number of allylic oxidation sites excluding steroid dienone is 1. The van der Waals surface area contributed by atoms with Crippen molar-refractivity contribution in [1.82, 2.24) is 9.66 Å². The van der Waals surface area contributed by atoms with E-state index < -0.39 is 11.2 Å². The maximum Gasteiger partial charge on any atom is 0.349 e. The number of furan rings is 1. The zero-order chi connectivity index (χ0) is 14.7. The molecule has 0 saturated carbocycles. The number of fused-ring (bicyclic) bond motifs is 1. The first-order chi connectivity index (χ1) is 10.3. The quantitative estimate of drug-likeness (QED) is 0.744. The first kappa shape index (κ1) is 12.9. The van der Waals surface area contributed by atoms with Crippen molar-refractivity contribution in [3.63, 3.8) is 0 Å². The Morgan fingerprint density at radius 2 is 2.00 bits per heavy atom. The Hall–Kier alpha value is -3.15. The minimum Gasteiger partial charge on any atom is -0.465 e. The molecule has 0 unspecified atom stereocenters. The molecule has 1 N–H and O–H groups in total. The van der Waals surface area contributed by atoms with Gasteiger partial charge >= 0.3 is 5.69 Å². The van der Waals surface area contributed by atoms with Gasteiger partial charge in [0.1, 0.15) is 5.76 Å². The molecule has 0 aliphatic carbocycles. The van der Waals surface area contributed by atoms with Crippen LogP contribution in [0, 0.1) is 0 Å². The van der Waals surface area contributed by atoms with Crippen LogP contribution < -0.4 is 11.2 Å². The number of aromatic amines is 1. The molecule has 0 bridgehead atoms. The number of nitrogens with one attached hydrogen (secondary N) is 1. The average molecular weight is 281 g/mol. The first-order valence-corrected chi connectivity index (χ1v) is 6.24. The minimum absolute atomic E-state index is 0.407.